The van der Waals surface area contributed by atoms with E-state index in [1.807, 2.05) is 0 Å². The molecule has 1 fully saturated rings. The molecule has 1 amide bonds. The van der Waals surface area contributed by atoms with Crippen LogP contribution in [0.1, 0.15) is 15.9 Å². The van der Waals surface area contributed by atoms with Gasteiger partial charge in [0.25, 0.3) is 5.91 Å². The van der Waals surface area contributed by atoms with Gasteiger partial charge in [-0.3, -0.25) is 9.00 Å². The fourth-order valence-corrected chi connectivity index (χ4v) is 2.88. The van der Waals surface area contributed by atoms with E-state index >= 15 is 0 Å². The van der Waals surface area contributed by atoms with Crippen LogP contribution in [0.5, 0.6) is 0 Å². The van der Waals surface area contributed by atoms with Crippen molar-refractivity contribution in [2.75, 3.05) is 24.6 Å². The number of carbonyl (C=O) groups is 1. The average molecular weight is 291 g/mol. The van der Waals surface area contributed by atoms with Crippen LogP contribution in [0.15, 0.2) is 24.3 Å². The Labute approximate surface area is 110 Å². The SMILES string of the molecule is O=C(c1ccc(C(F)(F)F)cc1)N1CCS(=O)CC1. The molecule has 0 N–H and O–H groups in total. The zero-order valence-electron chi connectivity index (χ0n) is 9.94. The van der Waals surface area contributed by atoms with Crippen LogP contribution in [0.25, 0.3) is 0 Å². The van der Waals surface area contributed by atoms with Crippen LogP contribution in [0.3, 0.4) is 0 Å². The van der Waals surface area contributed by atoms with E-state index in [1.54, 1.807) is 0 Å². The summed E-state index contributed by atoms with van der Waals surface area (Å²) in [5, 5.41) is 0. The molecule has 0 spiro atoms. The number of nitrogens with zero attached hydrogens (tertiary/aromatic N) is 1. The number of hydrogen-bond acceptors (Lipinski definition) is 2. The summed E-state index contributed by atoms with van der Waals surface area (Å²) in [7, 11) is -0.892. The minimum atomic E-state index is -4.40. The molecule has 1 aliphatic heterocycles. The van der Waals surface area contributed by atoms with Crippen LogP contribution in [-0.4, -0.2) is 39.6 Å². The van der Waals surface area contributed by atoms with Gasteiger partial charge in [0.15, 0.2) is 0 Å². The van der Waals surface area contributed by atoms with Crippen LogP contribution in [0, 0.1) is 0 Å². The number of rotatable bonds is 1. The third-order valence-electron chi connectivity index (χ3n) is 2.92. The maximum Gasteiger partial charge on any atom is 0.416 e. The van der Waals surface area contributed by atoms with Gasteiger partial charge in [-0.1, -0.05) is 0 Å². The van der Waals surface area contributed by atoms with Crippen molar-refractivity contribution in [1.82, 2.24) is 4.90 Å². The molecule has 1 aromatic carbocycles. The standard InChI is InChI=1S/C12H12F3NO2S/c13-12(14,15)10-3-1-9(2-4-10)11(17)16-5-7-19(18)8-6-16/h1-4H,5-8H2. The molecule has 7 heteroatoms. The number of hydrogen-bond donors (Lipinski definition) is 0. The monoisotopic (exact) mass is 291 g/mol. The van der Waals surface area contributed by atoms with Gasteiger partial charge in [-0.15, -0.1) is 0 Å². The number of amides is 1. The van der Waals surface area contributed by atoms with Crippen LogP contribution < -0.4 is 0 Å². The third kappa shape index (κ3) is 3.34. The Morgan fingerprint density at radius 1 is 1.11 bits per heavy atom. The quantitative estimate of drug-likeness (QED) is 0.792. The third-order valence-corrected chi connectivity index (χ3v) is 4.20. The average Bonchev–Trinajstić information content (AvgIpc) is 2.38. The molecule has 1 aromatic rings. The summed E-state index contributed by atoms with van der Waals surface area (Å²) in [6.07, 6.45) is -4.40. The smallest absolute Gasteiger partial charge is 0.337 e. The largest absolute Gasteiger partial charge is 0.416 e. The Kier molecular flexibility index (Phi) is 3.93. The highest BCUT2D eigenvalue weighted by atomic mass is 32.2. The second-order valence-electron chi connectivity index (χ2n) is 4.22. The van der Waals surface area contributed by atoms with Gasteiger partial charge >= 0.3 is 6.18 Å². The van der Waals surface area contributed by atoms with E-state index in [9.17, 15) is 22.2 Å². The molecule has 1 heterocycles. The second-order valence-corrected chi connectivity index (χ2v) is 5.91. The highest BCUT2D eigenvalue weighted by molar-refractivity contribution is 7.85. The summed E-state index contributed by atoms with van der Waals surface area (Å²) in [4.78, 5) is 13.5. The first kappa shape index (κ1) is 14.0. The summed E-state index contributed by atoms with van der Waals surface area (Å²) in [6.45, 7) is 0.763. The van der Waals surface area contributed by atoms with Crippen LogP contribution in [-0.2, 0) is 17.0 Å². The van der Waals surface area contributed by atoms with E-state index < -0.39 is 22.5 Å². The van der Waals surface area contributed by atoms with Crippen LogP contribution in [0.2, 0.25) is 0 Å². The van der Waals surface area contributed by atoms with E-state index in [-0.39, 0.29) is 11.5 Å². The molecular weight excluding hydrogens is 279 g/mol. The summed E-state index contributed by atoms with van der Waals surface area (Å²) in [5.41, 5.74) is -0.551. The Hall–Kier alpha value is -1.37. The Balaban J connectivity index is 2.10. The molecule has 0 radical (unpaired) electrons. The lowest BCUT2D eigenvalue weighted by Gasteiger charge is -2.26. The van der Waals surface area contributed by atoms with Crippen molar-refractivity contribution < 1.29 is 22.2 Å². The second kappa shape index (κ2) is 5.32. The molecule has 0 aliphatic carbocycles. The fourth-order valence-electron chi connectivity index (χ4n) is 1.83. The number of carbonyl (C=O) groups excluding carboxylic acids is 1. The molecule has 1 aliphatic rings. The van der Waals surface area contributed by atoms with Crippen LogP contribution in [0.4, 0.5) is 13.2 Å². The Morgan fingerprint density at radius 2 is 1.63 bits per heavy atom. The van der Waals surface area contributed by atoms with Gasteiger partial charge in [0, 0.05) is 41.0 Å². The summed E-state index contributed by atoms with van der Waals surface area (Å²) >= 11 is 0. The van der Waals surface area contributed by atoms with Gasteiger partial charge in [-0.05, 0) is 24.3 Å². The van der Waals surface area contributed by atoms with Crippen LogP contribution >= 0.6 is 0 Å². The summed E-state index contributed by atoms with van der Waals surface area (Å²) in [5.74, 6) is 0.532. The summed E-state index contributed by atoms with van der Waals surface area (Å²) in [6, 6.07) is 4.15. The Bertz CT molecular complexity index is 489. The molecule has 2 rings (SSSR count). The first-order valence-electron chi connectivity index (χ1n) is 5.69. The highest BCUT2D eigenvalue weighted by Crippen LogP contribution is 2.29. The van der Waals surface area contributed by atoms with Crippen molar-refractivity contribution in [1.29, 1.82) is 0 Å². The van der Waals surface area contributed by atoms with E-state index in [4.69, 9.17) is 0 Å². The zero-order chi connectivity index (χ0) is 14.0. The maximum absolute atomic E-state index is 12.4. The van der Waals surface area contributed by atoms with Gasteiger partial charge in [-0.2, -0.15) is 13.2 Å². The molecule has 3 nitrogen and oxygen atoms in total. The molecule has 0 atom stereocenters. The molecule has 0 aromatic heterocycles. The van der Waals surface area contributed by atoms with Gasteiger partial charge in [-0.25, -0.2) is 0 Å². The molecule has 104 valence electrons. The van der Waals surface area contributed by atoms with Gasteiger partial charge in [0.2, 0.25) is 0 Å². The predicted molar refractivity (Wildman–Crippen MR) is 65.2 cm³/mol. The normalized spacial score (nSPS) is 17.5. The molecule has 19 heavy (non-hydrogen) atoms. The van der Waals surface area contributed by atoms with Crippen molar-refractivity contribution >= 4 is 16.7 Å². The summed E-state index contributed by atoms with van der Waals surface area (Å²) < 4.78 is 48.3. The van der Waals surface area contributed by atoms with E-state index in [2.05, 4.69) is 0 Å². The minimum Gasteiger partial charge on any atom is -0.337 e. The van der Waals surface area contributed by atoms with Gasteiger partial charge in [0.05, 0.1) is 5.56 Å². The highest BCUT2D eigenvalue weighted by Gasteiger charge is 2.30. The zero-order valence-corrected chi connectivity index (χ0v) is 10.8. The molecule has 0 bridgehead atoms. The number of halogens is 3. The van der Waals surface area contributed by atoms with Crippen molar-refractivity contribution in [2.45, 2.75) is 6.18 Å². The first-order valence-corrected chi connectivity index (χ1v) is 7.18. The van der Waals surface area contributed by atoms with Crippen molar-refractivity contribution in [3.63, 3.8) is 0 Å². The molecule has 0 unspecified atom stereocenters. The predicted octanol–water partition coefficient (Wildman–Crippen LogP) is 1.91. The number of benzene rings is 1. The van der Waals surface area contributed by atoms with E-state index in [0.717, 1.165) is 12.1 Å². The van der Waals surface area contributed by atoms with Crippen molar-refractivity contribution in [3.8, 4) is 0 Å². The lowest BCUT2D eigenvalue weighted by Crippen LogP contribution is -2.41. The lowest BCUT2D eigenvalue weighted by atomic mass is 10.1. The Morgan fingerprint density at radius 3 is 2.11 bits per heavy atom. The first-order chi connectivity index (χ1) is 8.88. The van der Waals surface area contributed by atoms with E-state index in [1.165, 1.54) is 17.0 Å². The minimum absolute atomic E-state index is 0.223. The molecule has 0 saturated carbocycles. The van der Waals surface area contributed by atoms with Crippen molar-refractivity contribution in [3.05, 3.63) is 35.4 Å². The lowest BCUT2D eigenvalue weighted by molar-refractivity contribution is -0.137. The molecular formula is C12H12F3NO2S. The topological polar surface area (TPSA) is 37.4 Å². The maximum atomic E-state index is 12.4. The van der Waals surface area contributed by atoms with E-state index in [0.29, 0.717) is 24.6 Å². The molecule has 1 saturated heterocycles. The number of alkyl halides is 3. The van der Waals surface area contributed by atoms with Crippen molar-refractivity contribution in [2.24, 2.45) is 0 Å². The van der Waals surface area contributed by atoms with Gasteiger partial charge in [0.1, 0.15) is 0 Å². The fraction of sp³-hybridized carbons (Fsp3) is 0.417. The van der Waals surface area contributed by atoms with Gasteiger partial charge < -0.3 is 4.90 Å².